The summed E-state index contributed by atoms with van der Waals surface area (Å²) in [5.74, 6) is -2.88. The highest BCUT2D eigenvalue weighted by atomic mass is 32.2. The number of halogens is 5. The van der Waals surface area contributed by atoms with Gasteiger partial charge in [-0.05, 0) is 36.4 Å². The number of aromatic nitrogens is 2. The molecule has 0 aliphatic carbocycles. The maximum absolute atomic E-state index is 13.9. The summed E-state index contributed by atoms with van der Waals surface area (Å²) in [6.07, 6.45) is -6.23. The third-order valence-electron chi connectivity index (χ3n) is 6.41. The number of amides is 1. The maximum atomic E-state index is 13.9. The third-order valence-corrected chi connectivity index (χ3v) is 8.24. The first-order valence-electron chi connectivity index (χ1n) is 12.0. The lowest BCUT2D eigenvalue weighted by Crippen LogP contribution is -2.35. The van der Waals surface area contributed by atoms with Gasteiger partial charge in [0.25, 0.3) is 5.91 Å². The number of alkyl halides is 5. The first kappa shape index (κ1) is 28.4. The second-order valence-corrected chi connectivity index (χ2v) is 11.4. The standard InChI is InChI=1S/C25H21F5N4O6S/c1-2-41(37,38)17-8-7-16(34(36)13-17)11-31-22(35)14-6-9-19-18(10-14)32-23(24(26,27)28)33(19)12-15-4-3-5-20-21(15)40-25(29,30)39-20/h3-10,36H,2,11-13H2,1H3,(H,31,35). The Morgan fingerprint density at radius 3 is 2.61 bits per heavy atom. The molecular weight excluding hydrogens is 579 g/mol. The Hall–Kier alpha value is -4.18. The highest BCUT2D eigenvalue weighted by molar-refractivity contribution is 7.95. The van der Waals surface area contributed by atoms with E-state index in [1.807, 2.05) is 0 Å². The maximum Gasteiger partial charge on any atom is 0.586 e. The summed E-state index contributed by atoms with van der Waals surface area (Å²) in [6, 6.07) is 7.49. The van der Waals surface area contributed by atoms with Crippen molar-refractivity contribution in [2.75, 3.05) is 18.8 Å². The summed E-state index contributed by atoms with van der Waals surface area (Å²) in [4.78, 5) is 16.4. The van der Waals surface area contributed by atoms with Crippen molar-refractivity contribution in [2.24, 2.45) is 0 Å². The van der Waals surface area contributed by atoms with Crippen LogP contribution in [0.3, 0.4) is 0 Å². The number of carbonyl (C=O) groups is 1. The number of sulfone groups is 1. The van der Waals surface area contributed by atoms with Crippen molar-refractivity contribution >= 4 is 26.8 Å². The fraction of sp³-hybridized carbons (Fsp3) is 0.280. The number of ether oxygens (including phenoxy) is 2. The summed E-state index contributed by atoms with van der Waals surface area (Å²) in [5.41, 5.74) is -0.0741. The van der Waals surface area contributed by atoms with Gasteiger partial charge < -0.3 is 19.4 Å². The average Bonchev–Trinajstić information content (AvgIpc) is 3.43. The summed E-state index contributed by atoms with van der Waals surface area (Å²) in [5, 5.41) is 13.4. The Labute approximate surface area is 229 Å². The first-order valence-corrected chi connectivity index (χ1v) is 13.7. The highest BCUT2D eigenvalue weighted by Gasteiger charge is 2.45. The molecule has 0 bridgehead atoms. The predicted molar refractivity (Wildman–Crippen MR) is 133 cm³/mol. The summed E-state index contributed by atoms with van der Waals surface area (Å²) in [7, 11) is -3.52. The molecule has 5 rings (SSSR count). The lowest BCUT2D eigenvalue weighted by molar-refractivity contribution is -0.287. The minimum absolute atomic E-state index is 0.00680. The van der Waals surface area contributed by atoms with Crippen LogP contribution in [0.5, 0.6) is 11.5 Å². The molecule has 218 valence electrons. The zero-order valence-electron chi connectivity index (χ0n) is 21.1. The fourth-order valence-corrected chi connectivity index (χ4v) is 5.32. The number of para-hydroxylation sites is 1. The Balaban J connectivity index is 1.40. The Bertz CT molecular complexity index is 1710. The molecule has 0 saturated heterocycles. The molecule has 16 heteroatoms. The van der Waals surface area contributed by atoms with E-state index in [1.165, 1.54) is 49.4 Å². The van der Waals surface area contributed by atoms with E-state index >= 15 is 0 Å². The number of rotatable bonds is 7. The summed E-state index contributed by atoms with van der Waals surface area (Å²) in [6.45, 7) is 0.411. The van der Waals surface area contributed by atoms with Gasteiger partial charge in [0, 0.05) is 11.1 Å². The number of benzene rings is 2. The van der Waals surface area contributed by atoms with Crippen LogP contribution in [0.15, 0.2) is 59.2 Å². The molecule has 2 aromatic carbocycles. The molecule has 0 atom stereocenters. The van der Waals surface area contributed by atoms with Crippen molar-refractivity contribution < 1.29 is 49.8 Å². The molecule has 3 heterocycles. The SMILES string of the molecule is CCS(=O)(=O)C1=CC=C(CNC(=O)c2ccc3c(c2)nc(C(F)(F)F)n3Cc2cccc3c2OC(F)(F)O3)N(O)C1. The number of allylic oxidation sites excluding steroid dienone is 2. The summed E-state index contributed by atoms with van der Waals surface area (Å²) >= 11 is 0. The van der Waals surface area contributed by atoms with Gasteiger partial charge in [-0.2, -0.15) is 13.2 Å². The van der Waals surface area contributed by atoms with Gasteiger partial charge in [-0.25, -0.2) is 13.4 Å². The molecule has 41 heavy (non-hydrogen) atoms. The second-order valence-electron chi connectivity index (χ2n) is 9.07. The van der Waals surface area contributed by atoms with E-state index in [0.717, 1.165) is 10.6 Å². The van der Waals surface area contributed by atoms with Crippen molar-refractivity contribution in [1.29, 1.82) is 0 Å². The van der Waals surface area contributed by atoms with Crippen LogP contribution < -0.4 is 14.8 Å². The van der Waals surface area contributed by atoms with E-state index in [4.69, 9.17) is 0 Å². The zero-order chi connectivity index (χ0) is 29.7. The van der Waals surface area contributed by atoms with E-state index in [9.17, 15) is 40.4 Å². The van der Waals surface area contributed by atoms with E-state index in [1.54, 1.807) is 0 Å². The molecule has 1 aromatic heterocycles. The number of hydrogen-bond acceptors (Lipinski definition) is 8. The molecule has 2 aliphatic heterocycles. The van der Waals surface area contributed by atoms with Crippen LogP contribution in [0, 0.1) is 0 Å². The third kappa shape index (κ3) is 5.56. The number of hydroxylamine groups is 2. The molecule has 1 amide bonds. The van der Waals surface area contributed by atoms with Gasteiger partial charge in [-0.1, -0.05) is 19.1 Å². The van der Waals surface area contributed by atoms with Crippen molar-refractivity contribution in [2.45, 2.75) is 25.9 Å². The van der Waals surface area contributed by atoms with Crippen LogP contribution in [0.25, 0.3) is 11.0 Å². The van der Waals surface area contributed by atoms with Crippen LogP contribution in [-0.4, -0.2) is 59.3 Å². The van der Waals surface area contributed by atoms with Crippen LogP contribution in [0.2, 0.25) is 0 Å². The minimum atomic E-state index is -4.92. The lowest BCUT2D eigenvalue weighted by Gasteiger charge is -2.25. The van der Waals surface area contributed by atoms with Gasteiger partial charge in [-0.15, -0.1) is 8.78 Å². The van der Waals surface area contributed by atoms with Crippen molar-refractivity contribution in [3.05, 3.63) is 76.1 Å². The van der Waals surface area contributed by atoms with Crippen molar-refractivity contribution in [3.8, 4) is 11.5 Å². The van der Waals surface area contributed by atoms with Crippen LogP contribution in [0.1, 0.15) is 28.7 Å². The van der Waals surface area contributed by atoms with Gasteiger partial charge in [0.1, 0.15) is 0 Å². The molecule has 0 spiro atoms. The smallest absolute Gasteiger partial charge is 0.395 e. The van der Waals surface area contributed by atoms with Crippen LogP contribution in [-0.2, 0) is 22.6 Å². The molecule has 0 fully saturated rings. The largest absolute Gasteiger partial charge is 0.586 e. The molecule has 0 unspecified atom stereocenters. The first-order chi connectivity index (χ1) is 19.2. The van der Waals surface area contributed by atoms with E-state index in [2.05, 4.69) is 19.8 Å². The monoisotopic (exact) mass is 600 g/mol. The second kappa shape index (κ2) is 10.0. The van der Waals surface area contributed by atoms with Crippen LogP contribution in [0.4, 0.5) is 22.0 Å². The van der Waals surface area contributed by atoms with Gasteiger partial charge in [-0.3, -0.25) is 15.1 Å². The van der Waals surface area contributed by atoms with Crippen molar-refractivity contribution in [3.63, 3.8) is 0 Å². The quantitative estimate of drug-likeness (QED) is 0.390. The average molecular weight is 601 g/mol. The number of fused-ring (bicyclic) bond motifs is 2. The number of hydrogen-bond donors (Lipinski definition) is 2. The van der Waals surface area contributed by atoms with Gasteiger partial charge in [0.2, 0.25) is 5.82 Å². The molecule has 10 nitrogen and oxygen atoms in total. The number of nitrogens with zero attached hydrogens (tertiary/aromatic N) is 3. The van der Waals surface area contributed by atoms with Crippen molar-refractivity contribution in [1.82, 2.24) is 19.9 Å². The predicted octanol–water partition coefficient (Wildman–Crippen LogP) is 4.06. The highest BCUT2D eigenvalue weighted by Crippen LogP contribution is 2.44. The lowest BCUT2D eigenvalue weighted by atomic mass is 10.1. The van der Waals surface area contributed by atoms with Gasteiger partial charge in [0.15, 0.2) is 21.3 Å². The van der Waals surface area contributed by atoms with Gasteiger partial charge >= 0.3 is 12.5 Å². The van der Waals surface area contributed by atoms with E-state index < -0.39 is 46.3 Å². The van der Waals surface area contributed by atoms with Gasteiger partial charge in [0.05, 0.1) is 47.0 Å². The van der Waals surface area contributed by atoms with E-state index in [-0.39, 0.29) is 57.4 Å². The molecular formula is C25H21F5N4O6S. The van der Waals surface area contributed by atoms with Crippen LogP contribution >= 0.6 is 0 Å². The molecule has 2 N–H and O–H groups in total. The minimum Gasteiger partial charge on any atom is -0.395 e. The number of carbonyl (C=O) groups excluding carboxylic acids is 1. The topological polar surface area (TPSA) is 123 Å². The van der Waals surface area contributed by atoms with E-state index in [0.29, 0.717) is 5.06 Å². The Kier molecular flexibility index (Phi) is 6.93. The Morgan fingerprint density at radius 2 is 1.93 bits per heavy atom. The Morgan fingerprint density at radius 1 is 1.17 bits per heavy atom. The summed E-state index contributed by atoms with van der Waals surface area (Å²) < 4.78 is 103. The molecule has 0 radical (unpaired) electrons. The zero-order valence-corrected chi connectivity index (χ0v) is 21.9. The molecule has 3 aromatic rings. The number of nitrogens with one attached hydrogen (secondary N) is 1. The number of imidazole rings is 1. The molecule has 0 saturated carbocycles. The molecule has 2 aliphatic rings. The fourth-order valence-electron chi connectivity index (χ4n) is 4.36. The normalized spacial score (nSPS) is 16.5.